The number of ether oxygens (including phenoxy) is 2. The van der Waals surface area contributed by atoms with Gasteiger partial charge in [0.15, 0.2) is 11.5 Å². The third kappa shape index (κ3) is 1.62. The lowest BCUT2D eigenvalue weighted by molar-refractivity contribution is 0.172. The van der Waals surface area contributed by atoms with Crippen LogP contribution in [-0.2, 0) is 6.42 Å². The number of hydrogen-bond donors (Lipinski definition) is 2. The zero-order valence-electron chi connectivity index (χ0n) is 10.0. The van der Waals surface area contributed by atoms with Crippen molar-refractivity contribution in [2.75, 3.05) is 26.3 Å². The Morgan fingerprint density at radius 3 is 2.67 bits per heavy atom. The molecule has 1 fully saturated rings. The van der Waals surface area contributed by atoms with Gasteiger partial charge >= 0.3 is 0 Å². The monoisotopic (exact) mass is 245 g/mol. The van der Waals surface area contributed by atoms with Crippen molar-refractivity contribution in [3.8, 4) is 11.5 Å². The summed E-state index contributed by atoms with van der Waals surface area (Å²) in [5.74, 6) is 3.39. The van der Waals surface area contributed by atoms with Crippen LogP contribution in [0, 0.1) is 5.92 Å². The molecule has 2 aliphatic heterocycles. The van der Waals surface area contributed by atoms with Gasteiger partial charge in [-0.1, -0.05) is 0 Å². The van der Waals surface area contributed by atoms with Crippen LogP contribution in [0.5, 0.6) is 11.5 Å². The van der Waals surface area contributed by atoms with E-state index in [1.807, 2.05) is 12.1 Å². The molecule has 0 unspecified atom stereocenters. The molecule has 5 heteroatoms. The third-order valence-electron chi connectivity index (χ3n) is 3.54. The average Bonchev–Trinajstić information content (AvgIpc) is 2.72. The van der Waals surface area contributed by atoms with E-state index in [1.54, 1.807) is 0 Å². The van der Waals surface area contributed by atoms with Crippen LogP contribution in [0.25, 0.3) is 11.0 Å². The standard InChI is InChI=1S/C13H15N3O2/c1-2-18-12-5-10-9(4-11(12)17-1)15-13(16-10)3-8-6-14-7-8/h4-5,8,14H,1-3,6-7H2,(H,15,16). The van der Waals surface area contributed by atoms with Gasteiger partial charge in [-0.3, -0.25) is 0 Å². The summed E-state index contributed by atoms with van der Waals surface area (Å²) in [6.45, 7) is 3.43. The summed E-state index contributed by atoms with van der Waals surface area (Å²) in [6.07, 6.45) is 1.01. The first-order valence-electron chi connectivity index (χ1n) is 6.37. The van der Waals surface area contributed by atoms with Gasteiger partial charge in [0, 0.05) is 18.6 Å². The van der Waals surface area contributed by atoms with Crippen molar-refractivity contribution in [3.63, 3.8) is 0 Å². The van der Waals surface area contributed by atoms with Gasteiger partial charge in [0.05, 0.1) is 11.0 Å². The molecule has 1 aromatic heterocycles. The lowest BCUT2D eigenvalue weighted by atomic mass is 9.99. The molecule has 4 rings (SSSR count). The van der Waals surface area contributed by atoms with Crippen LogP contribution < -0.4 is 14.8 Å². The van der Waals surface area contributed by atoms with Crippen molar-refractivity contribution in [3.05, 3.63) is 18.0 Å². The average molecular weight is 245 g/mol. The Kier molecular flexibility index (Phi) is 2.20. The molecule has 2 N–H and O–H groups in total. The van der Waals surface area contributed by atoms with Gasteiger partial charge in [-0.05, 0) is 19.0 Å². The SMILES string of the molecule is c1c2c(cc3[nH]c(CC4CNC4)nc13)OCCO2. The van der Waals surface area contributed by atoms with E-state index in [1.165, 1.54) is 0 Å². The minimum atomic E-state index is 0.615. The van der Waals surface area contributed by atoms with E-state index in [0.717, 1.165) is 47.9 Å². The lowest BCUT2D eigenvalue weighted by Gasteiger charge is -2.25. The Hall–Kier alpha value is -1.75. The first-order chi connectivity index (χ1) is 8.88. The Morgan fingerprint density at radius 2 is 1.94 bits per heavy atom. The van der Waals surface area contributed by atoms with Crippen molar-refractivity contribution in [1.29, 1.82) is 0 Å². The second-order valence-electron chi connectivity index (χ2n) is 4.92. The molecule has 94 valence electrons. The van der Waals surface area contributed by atoms with Gasteiger partial charge in [0.2, 0.25) is 0 Å². The van der Waals surface area contributed by atoms with E-state index in [2.05, 4.69) is 15.3 Å². The molecule has 18 heavy (non-hydrogen) atoms. The Morgan fingerprint density at radius 1 is 1.17 bits per heavy atom. The van der Waals surface area contributed by atoms with Crippen LogP contribution in [0.3, 0.4) is 0 Å². The second kappa shape index (κ2) is 3.88. The normalized spacial score (nSPS) is 18.9. The number of benzene rings is 1. The predicted molar refractivity (Wildman–Crippen MR) is 67.1 cm³/mol. The number of H-pyrrole nitrogens is 1. The Balaban J connectivity index is 1.70. The van der Waals surface area contributed by atoms with E-state index < -0.39 is 0 Å². The molecule has 1 saturated heterocycles. The van der Waals surface area contributed by atoms with Crippen LogP contribution in [0.4, 0.5) is 0 Å². The van der Waals surface area contributed by atoms with Crippen molar-refractivity contribution < 1.29 is 9.47 Å². The van der Waals surface area contributed by atoms with Crippen molar-refractivity contribution >= 4 is 11.0 Å². The molecule has 0 aliphatic carbocycles. The summed E-state index contributed by atoms with van der Waals surface area (Å²) < 4.78 is 11.1. The molecule has 2 aliphatic rings. The van der Waals surface area contributed by atoms with Crippen molar-refractivity contribution in [2.45, 2.75) is 6.42 Å². The van der Waals surface area contributed by atoms with Gasteiger partial charge < -0.3 is 19.8 Å². The maximum absolute atomic E-state index is 5.57. The first-order valence-corrected chi connectivity index (χ1v) is 6.37. The van der Waals surface area contributed by atoms with Gasteiger partial charge in [-0.15, -0.1) is 0 Å². The number of imidazole rings is 1. The number of aromatic amines is 1. The molecule has 0 spiro atoms. The lowest BCUT2D eigenvalue weighted by Crippen LogP contribution is -2.43. The molecule has 0 bridgehead atoms. The number of hydrogen-bond acceptors (Lipinski definition) is 4. The van der Waals surface area contributed by atoms with Crippen LogP contribution in [0.15, 0.2) is 12.1 Å². The van der Waals surface area contributed by atoms with Crippen LogP contribution in [-0.4, -0.2) is 36.3 Å². The summed E-state index contributed by atoms with van der Waals surface area (Å²) in [4.78, 5) is 7.99. The summed E-state index contributed by atoms with van der Waals surface area (Å²) in [7, 11) is 0. The van der Waals surface area contributed by atoms with Gasteiger partial charge in [-0.25, -0.2) is 4.98 Å². The maximum atomic E-state index is 5.57. The second-order valence-corrected chi connectivity index (χ2v) is 4.92. The van der Waals surface area contributed by atoms with E-state index in [4.69, 9.17) is 9.47 Å². The fourth-order valence-corrected chi connectivity index (χ4v) is 2.46. The van der Waals surface area contributed by atoms with E-state index in [-0.39, 0.29) is 0 Å². The van der Waals surface area contributed by atoms with Gasteiger partial charge in [0.1, 0.15) is 19.0 Å². The quantitative estimate of drug-likeness (QED) is 0.831. The number of nitrogens with one attached hydrogen (secondary N) is 2. The predicted octanol–water partition coefficient (Wildman–Crippen LogP) is 1.10. The first kappa shape index (κ1) is 10.2. The maximum Gasteiger partial charge on any atom is 0.163 e. The number of rotatable bonds is 2. The summed E-state index contributed by atoms with van der Waals surface area (Å²) >= 11 is 0. The Bertz CT molecular complexity index is 546. The van der Waals surface area contributed by atoms with E-state index in [9.17, 15) is 0 Å². The highest BCUT2D eigenvalue weighted by atomic mass is 16.6. The van der Waals surface area contributed by atoms with Gasteiger partial charge in [0.25, 0.3) is 0 Å². The Labute approximate surface area is 104 Å². The molecule has 0 radical (unpaired) electrons. The zero-order valence-corrected chi connectivity index (χ0v) is 10.0. The molecular formula is C13H15N3O2. The summed E-state index contributed by atoms with van der Waals surface area (Å²) in [5, 5.41) is 3.28. The fraction of sp³-hybridized carbons (Fsp3) is 0.462. The topological polar surface area (TPSA) is 59.2 Å². The van der Waals surface area contributed by atoms with Crippen LogP contribution in [0.2, 0.25) is 0 Å². The molecular weight excluding hydrogens is 230 g/mol. The zero-order chi connectivity index (χ0) is 11.9. The minimum absolute atomic E-state index is 0.615. The van der Waals surface area contributed by atoms with Crippen molar-refractivity contribution in [1.82, 2.24) is 15.3 Å². The molecule has 3 heterocycles. The van der Waals surface area contributed by atoms with Gasteiger partial charge in [-0.2, -0.15) is 0 Å². The number of aromatic nitrogens is 2. The number of fused-ring (bicyclic) bond motifs is 2. The van der Waals surface area contributed by atoms with Crippen molar-refractivity contribution in [2.24, 2.45) is 5.92 Å². The summed E-state index contributed by atoms with van der Waals surface area (Å²) in [5.41, 5.74) is 1.99. The highest BCUT2D eigenvalue weighted by Crippen LogP contribution is 2.33. The van der Waals surface area contributed by atoms with Crippen LogP contribution in [0.1, 0.15) is 5.82 Å². The fourth-order valence-electron chi connectivity index (χ4n) is 2.46. The van der Waals surface area contributed by atoms with E-state index >= 15 is 0 Å². The molecule has 1 aromatic carbocycles. The molecule has 0 amide bonds. The molecule has 0 atom stereocenters. The smallest absolute Gasteiger partial charge is 0.163 e. The highest BCUT2D eigenvalue weighted by molar-refractivity contribution is 5.79. The highest BCUT2D eigenvalue weighted by Gasteiger charge is 2.20. The summed E-state index contributed by atoms with van der Waals surface area (Å²) in [6, 6.07) is 3.95. The number of nitrogens with zero attached hydrogens (tertiary/aromatic N) is 1. The third-order valence-corrected chi connectivity index (χ3v) is 3.54. The molecule has 2 aromatic rings. The molecule has 0 saturated carbocycles. The van der Waals surface area contributed by atoms with Crippen LogP contribution >= 0.6 is 0 Å². The largest absolute Gasteiger partial charge is 0.486 e. The van der Waals surface area contributed by atoms with E-state index in [0.29, 0.717) is 19.1 Å². The minimum Gasteiger partial charge on any atom is -0.486 e. The molecule has 5 nitrogen and oxygen atoms in total.